The van der Waals surface area contributed by atoms with Gasteiger partial charge in [-0.1, -0.05) is 42.8 Å². The molecule has 2 saturated heterocycles. The highest BCUT2D eigenvalue weighted by molar-refractivity contribution is 6.30. The lowest BCUT2D eigenvalue weighted by atomic mass is 9.74. The summed E-state index contributed by atoms with van der Waals surface area (Å²) in [4.78, 5) is 47.6. The third-order valence-electron chi connectivity index (χ3n) is 8.33. The second-order valence-electron chi connectivity index (χ2n) is 10.8. The minimum Gasteiger partial charge on any atom is -0.396 e. The van der Waals surface area contributed by atoms with Crippen LogP contribution in [0, 0.1) is 11.8 Å². The number of likely N-dealkylation sites (tertiary alicyclic amines) is 1. The number of hydrogen-bond donors (Lipinski definition) is 1. The fourth-order valence-corrected chi connectivity index (χ4v) is 6.83. The van der Waals surface area contributed by atoms with Crippen LogP contribution in [0.25, 0.3) is 0 Å². The summed E-state index contributed by atoms with van der Waals surface area (Å²) >= 11 is 6.10. The fourth-order valence-electron chi connectivity index (χ4n) is 6.71. The van der Waals surface area contributed by atoms with Crippen LogP contribution in [0.3, 0.4) is 0 Å². The van der Waals surface area contributed by atoms with Gasteiger partial charge in [-0.05, 0) is 56.9 Å². The smallest absolute Gasteiger partial charge is 0.253 e. The van der Waals surface area contributed by atoms with Gasteiger partial charge in [0.25, 0.3) is 5.91 Å². The number of carbonyl (C=O) groups is 3. The molecular weight excluding hydrogens is 506 g/mol. The minimum absolute atomic E-state index is 0.0770. The van der Waals surface area contributed by atoms with Crippen LogP contribution in [0.5, 0.6) is 0 Å². The van der Waals surface area contributed by atoms with E-state index < -0.39 is 29.1 Å². The number of nitrogens with zero attached hydrogens (tertiary/aromatic N) is 3. The first-order valence-electron chi connectivity index (χ1n) is 13.6. The Labute approximate surface area is 228 Å². The number of halogens is 1. The Hall–Kier alpha value is -2.68. The third-order valence-corrected chi connectivity index (χ3v) is 8.58. The number of benzene rings is 1. The van der Waals surface area contributed by atoms with Gasteiger partial charge in [-0.2, -0.15) is 0 Å². The van der Waals surface area contributed by atoms with Crippen LogP contribution in [0.2, 0.25) is 5.02 Å². The molecule has 2 fully saturated rings. The van der Waals surface area contributed by atoms with Gasteiger partial charge in [-0.15, -0.1) is 0 Å². The standard InChI is InChI=1S/C29H36ClN3O5/c1-3-15-31-16-7-13-28(2)22(25(31)35)23-26(36)33(17-5-4-6-19-34)24-27(37)32(18-8-14-29(23,24)38-28)21-11-9-20(30)10-12-21/h7-14,22-24,34H,3-6,15-19H2,1-2H3/t22-,23-,24?,28+,29-/m0/s1. The van der Waals surface area contributed by atoms with E-state index in [-0.39, 0.29) is 24.3 Å². The van der Waals surface area contributed by atoms with Gasteiger partial charge in [0.1, 0.15) is 11.6 Å². The summed E-state index contributed by atoms with van der Waals surface area (Å²) < 4.78 is 6.83. The van der Waals surface area contributed by atoms with E-state index in [2.05, 4.69) is 0 Å². The molecule has 0 bridgehead atoms. The molecule has 0 saturated carbocycles. The minimum atomic E-state index is -1.26. The predicted molar refractivity (Wildman–Crippen MR) is 145 cm³/mol. The first kappa shape index (κ1) is 26.9. The molecule has 1 unspecified atom stereocenters. The van der Waals surface area contributed by atoms with Gasteiger partial charge in [0.15, 0.2) is 0 Å². The molecule has 38 heavy (non-hydrogen) atoms. The summed E-state index contributed by atoms with van der Waals surface area (Å²) in [6, 6.07) is 6.15. The molecule has 3 amide bonds. The zero-order valence-electron chi connectivity index (χ0n) is 22.0. The van der Waals surface area contributed by atoms with E-state index in [0.717, 1.165) is 12.8 Å². The maximum absolute atomic E-state index is 14.3. The lowest BCUT2D eigenvalue weighted by Crippen LogP contribution is -2.56. The number of carbonyl (C=O) groups excluding carboxylic acids is 3. The highest BCUT2D eigenvalue weighted by Gasteiger charge is 2.74. The van der Waals surface area contributed by atoms with E-state index >= 15 is 0 Å². The van der Waals surface area contributed by atoms with Crippen molar-refractivity contribution in [1.82, 2.24) is 9.80 Å². The molecule has 1 aromatic rings. The Morgan fingerprint density at radius 1 is 0.947 bits per heavy atom. The number of aliphatic hydroxyl groups is 1. The van der Waals surface area contributed by atoms with Crippen LogP contribution in [0.4, 0.5) is 5.69 Å². The van der Waals surface area contributed by atoms with E-state index in [4.69, 9.17) is 16.3 Å². The lowest BCUT2D eigenvalue weighted by Gasteiger charge is -2.37. The van der Waals surface area contributed by atoms with Crippen LogP contribution >= 0.6 is 11.6 Å². The van der Waals surface area contributed by atoms with E-state index in [9.17, 15) is 19.5 Å². The normalized spacial score (nSPS) is 32.4. The van der Waals surface area contributed by atoms with Gasteiger partial charge in [-0.3, -0.25) is 14.4 Å². The number of amides is 3. The first-order chi connectivity index (χ1) is 18.3. The van der Waals surface area contributed by atoms with E-state index in [0.29, 0.717) is 49.7 Å². The Kier molecular flexibility index (Phi) is 7.42. The molecule has 1 aromatic carbocycles. The average molecular weight is 542 g/mol. The largest absolute Gasteiger partial charge is 0.396 e. The monoisotopic (exact) mass is 541 g/mol. The van der Waals surface area contributed by atoms with Crippen molar-refractivity contribution in [1.29, 1.82) is 0 Å². The molecule has 5 rings (SSSR count). The van der Waals surface area contributed by atoms with Gasteiger partial charge >= 0.3 is 0 Å². The second kappa shape index (κ2) is 10.5. The summed E-state index contributed by atoms with van der Waals surface area (Å²) in [5.74, 6) is -2.10. The first-order valence-corrected chi connectivity index (χ1v) is 14.0. The van der Waals surface area contributed by atoms with Crippen LogP contribution < -0.4 is 4.90 Å². The zero-order chi connectivity index (χ0) is 27.1. The molecule has 4 aliphatic heterocycles. The number of hydrogen-bond acceptors (Lipinski definition) is 5. The van der Waals surface area contributed by atoms with Gasteiger partial charge in [0, 0.05) is 43.5 Å². The number of unbranched alkanes of at least 4 members (excludes halogenated alkanes) is 2. The molecule has 4 aliphatic rings. The van der Waals surface area contributed by atoms with Gasteiger partial charge in [0.2, 0.25) is 11.8 Å². The molecule has 1 N–H and O–H groups in total. The number of ether oxygens (including phenoxy) is 1. The maximum atomic E-state index is 14.3. The molecular formula is C29H36ClN3O5. The van der Waals surface area contributed by atoms with Crippen molar-refractivity contribution in [3.8, 4) is 0 Å². The summed E-state index contributed by atoms with van der Waals surface area (Å²) in [6.45, 7) is 5.70. The Balaban J connectivity index is 1.59. The van der Waals surface area contributed by atoms with E-state index in [1.807, 2.05) is 38.2 Å². The molecule has 5 atom stereocenters. The summed E-state index contributed by atoms with van der Waals surface area (Å²) in [7, 11) is 0. The number of fused-ring (bicyclic) bond motifs is 2. The zero-order valence-corrected chi connectivity index (χ0v) is 22.8. The van der Waals surface area contributed by atoms with Gasteiger partial charge in [0.05, 0.1) is 17.4 Å². The average Bonchev–Trinajstić information content (AvgIpc) is 3.16. The van der Waals surface area contributed by atoms with E-state index in [1.165, 1.54) is 0 Å². The quantitative estimate of drug-likeness (QED) is 0.403. The Morgan fingerprint density at radius 2 is 1.68 bits per heavy atom. The number of aliphatic hydroxyl groups excluding tert-OH is 1. The maximum Gasteiger partial charge on any atom is 0.253 e. The van der Waals surface area contributed by atoms with Crippen LogP contribution in [0.1, 0.15) is 39.5 Å². The highest BCUT2D eigenvalue weighted by atomic mass is 35.5. The van der Waals surface area contributed by atoms with Crippen molar-refractivity contribution >= 4 is 35.0 Å². The topological polar surface area (TPSA) is 90.4 Å². The molecule has 0 radical (unpaired) electrons. The fraction of sp³-hybridized carbons (Fsp3) is 0.552. The molecule has 204 valence electrons. The van der Waals surface area contributed by atoms with Crippen molar-refractivity contribution in [2.24, 2.45) is 11.8 Å². The summed E-state index contributed by atoms with van der Waals surface area (Å²) in [5, 5.41) is 9.81. The van der Waals surface area contributed by atoms with Gasteiger partial charge < -0.3 is 24.5 Å². The molecule has 1 spiro atoms. The molecule has 8 nitrogen and oxygen atoms in total. The van der Waals surface area contributed by atoms with Crippen LogP contribution in [-0.4, -0.2) is 82.7 Å². The number of anilines is 1. The van der Waals surface area contributed by atoms with Crippen molar-refractivity contribution in [2.75, 3.05) is 37.7 Å². The number of rotatable bonds is 8. The van der Waals surface area contributed by atoms with Crippen molar-refractivity contribution < 1.29 is 24.2 Å². The predicted octanol–water partition coefficient (Wildman–Crippen LogP) is 3.18. The summed E-state index contributed by atoms with van der Waals surface area (Å²) in [6.07, 6.45) is 10.4. The lowest BCUT2D eigenvalue weighted by molar-refractivity contribution is -0.148. The molecule has 0 aliphatic carbocycles. The molecule has 4 heterocycles. The third kappa shape index (κ3) is 4.27. The van der Waals surface area contributed by atoms with Crippen LogP contribution in [0.15, 0.2) is 48.6 Å². The van der Waals surface area contributed by atoms with Crippen LogP contribution in [-0.2, 0) is 19.1 Å². The summed E-state index contributed by atoms with van der Waals surface area (Å²) in [5.41, 5.74) is -1.59. The second-order valence-corrected chi connectivity index (χ2v) is 11.3. The molecule has 0 aromatic heterocycles. The highest BCUT2D eigenvalue weighted by Crippen LogP contribution is 2.57. The van der Waals surface area contributed by atoms with Crippen molar-refractivity contribution in [3.63, 3.8) is 0 Å². The van der Waals surface area contributed by atoms with Crippen molar-refractivity contribution in [3.05, 3.63) is 53.6 Å². The van der Waals surface area contributed by atoms with E-state index in [1.54, 1.807) is 39.0 Å². The Morgan fingerprint density at radius 3 is 2.39 bits per heavy atom. The Bertz CT molecular complexity index is 1150. The van der Waals surface area contributed by atoms with Crippen molar-refractivity contribution in [2.45, 2.75) is 56.8 Å². The van der Waals surface area contributed by atoms with Gasteiger partial charge in [-0.25, -0.2) is 0 Å². The SMILES string of the molecule is CCCN1CC=C[C@@]2(C)O[C@]34C=CCN(c5ccc(Cl)cc5)C(=O)C3N(CCCCCO)C(=O)[C@@H]4[C@H]2C1=O. The molecule has 9 heteroatoms.